The van der Waals surface area contributed by atoms with Crippen LogP contribution >= 0.6 is 0 Å². The SMILES string of the molecule is COCCN=C(N)c1cc(C)ccn1. The van der Waals surface area contributed by atoms with E-state index in [4.69, 9.17) is 10.5 Å². The molecule has 1 rings (SSSR count). The topological polar surface area (TPSA) is 60.5 Å². The lowest BCUT2D eigenvalue weighted by Gasteiger charge is -2.00. The average molecular weight is 193 g/mol. The van der Waals surface area contributed by atoms with E-state index >= 15 is 0 Å². The molecule has 4 heteroatoms. The average Bonchev–Trinajstić information content (AvgIpc) is 2.18. The maximum Gasteiger partial charge on any atom is 0.144 e. The molecule has 0 atom stereocenters. The normalized spacial score (nSPS) is 11.7. The zero-order valence-corrected chi connectivity index (χ0v) is 8.53. The third-order valence-corrected chi connectivity index (χ3v) is 1.76. The lowest BCUT2D eigenvalue weighted by molar-refractivity contribution is 0.208. The Hall–Kier alpha value is -1.42. The maximum absolute atomic E-state index is 5.74. The number of hydrogen-bond donors (Lipinski definition) is 1. The van der Waals surface area contributed by atoms with Gasteiger partial charge in [0.25, 0.3) is 0 Å². The molecule has 0 amide bonds. The molecule has 1 heterocycles. The first-order valence-corrected chi connectivity index (χ1v) is 4.46. The summed E-state index contributed by atoms with van der Waals surface area (Å²) in [6.45, 7) is 3.14. The Morgan fingerprint density at radius 1 is 1.64 bits per heavy atom. The lowest BCUT2D eigenvalue weighted by Crippen LogP contribution is -2.16. The van der Waals surface area contributed by atoms with Crippen molar-refractivity contribution in [1.29, 1.82) is 0 Å². The van der Waals surface area contributed by atoms with Gasteiger partial charge in [-0.25, -0.2) is 0 Å². The summed E-state index contributed by atoms with van der Waals surface area (Å²) in [5.74, 6) is 0.464. The van der Waals surface area contributed by atoms with Gasteiger partial charge in [0, 0.05) is 13.3 Å². The number of nitrogens with zero attached hydrogens (tertiary/aromatic N) is 2. The van der Waals surface area contributed by atoms with Crippen LogP contribution in [0.25, 0.3) is 0 Å². The number of pyridine rings is 1. The number of nitrogens with two attached hydrogens (primary N) is 1. The summed E-state index contributed by atoms with van der Waals surface area (Å²) in [6, 6.07) is 3.83. The van der Waals surface area contributed by atoms with Crippen molar-refractivity contribution >= 4 is 5.84 Å². The predicted octanol–water partition coefficient (Wildman–Crippen LogP) is 0.742. The highest BCUT2D eigenvalue weighted by Crippen LogP contribution is 1.99. The molecular weight excluding hydrogens is 178 g/mol. The highest BCUT2D eigenvalue weighted by atomic mass is 16.5. The molecule has 76 valence electrons. The Labute approximate surface area is 83.8 Å². The Morgan fingerprint density at radius 2 is 2.43 bits per heavy atom. The number of aromatic nitrogens is 1. The van der Waals surface area contributed by atoms with Crippen LogP contribution in [0.4, 0.5) is 0 Å². The molecule has 0 fully saturated rings. The van der Waals surface area contributed by atoms with E-state index in [0.29, 0.717) is 19.0 Å². The van der Waals surface area contributed by atoms with Crippen molar-refractivity contribution in [2.24, 2.45) is 10.7 Å². The molecule has 0 aliphatic rings. The summed E-state index contributed by atoms with van der Waals surface area (Å²) in [5, 5.41) is 0. The molecule has 0 unspecified atom stereocenters. The number of amidine groups is 1. The molecule has 0 saturated heterocycles. The van der Waals surface area contributed by atoms with Crippen LogP contribution in [0.2, 0.25) is 0 Å². The van der Waals surface area contributed by atoms with Gasteiger partial charge in [0.1, 0.15) is 11.5 Å². The molecular formula is C10H15N3O. The zero-order valence-electron chi connectivity index (χ0n) is 8.53. The summed E-state index contributed by atoms with van der Waals surface area (Å²) in [6.07, 6.45) is 1.73. The molecule has 0 aliphatic carbocycles. The van der Waals surface area contributed by atoms with Crippen LogP contribution in [0, 0.1) is 6.92 Å². The van der Waals surface area contributed by atoms with Crippen LogP contribution in [0.15, 0.2) is 23.3 Å². The van der Waals surface area contributed by atoms with Crippen molar-refractivity contribution in [1.82, 2.24) is 4.98 Å². The largest absolute Gasteiger partial charge is 0.383 e. The third-order valence-electron chi connectivity index (χ3n) is 1.76. The number of aliphatic imine (C=N–C) groups is 1. The minimum absolute atomic E-state index is 0.464. The Morgan fingerprint density at radius 3 is 3.07 bits per heavy atom. The van der Waals surface area contributed by atoms with Gasteiger partial charge in [-0.3, -0.25) is 9.98 Å². The van der Waals surface area contributed by atoms with E-state index in [1.54, 1.807) is 13.3 Å². The smallest absolute Gasteiger partial charge is 0.144 e. The van der Waals surface area contributed by atoms with E-state index in [-0.39, 0.29) is 0 Å². The van der Waals surface area contributed by atoms with Gasteiger partial charge in [0.2, 0.25) is 0 Å². The molecule has 2 N–H and O–H groups in total. The lowest BCUT2D eigenvalue weighted by atomic mass is 10.2. The summed E-state index contributed by atoms with van der Waals surface area (Å²) >= 11 is 0. The molecule has 0 radical (unpaired) electrons. The van der Waals surface area contributed by atoms with Gasteiger partial charge in [-0.05, 0) is 24.6 Å². The van der Waals surface area contributed by atoms with Crippen LogP contribution in [0.5, 0.6) is 0 Å². The van der Waals surface area contributed by atoms with Crippen molar-refractivity contribution in [2.45, 2.75) is 6.92 Å². The van der Waals surface area contributed by atoms with E-state index in [2.05, 4.69) is 9.98 Å². The molecule has 4 nitrogen and oxygen atoms in total. The van der Waals surface area contributed by atoms with Crippen LogP contribution in [-0.2, 0) is 4.74 Å². The van der Waals surface area contributed by atoms with Gasteiger partial charge in [-0.15, -0.1) is 0 Å². The van der Waals surface area contributed by atoms with Crippen LogP contribution in [0.1, 0.15) is 11.3 Å². The quantitative estimate of drug-likeness (QED) is 0.436. The highest BCUT2D eigenvalue weighted by Gasteiger charge is 1.98. The van der Waals surface area contributed by atoms with Gasteiger partial charge >= 0.3 is 0 Å². The van der Waals surface area contributed by atoms with Crippen LogP contribution in [-0.4, -0.2) is 31.1 Å². The summed E-state index contributed by atoms with van der Waals surface area (Å²) in [4.78, 5) is 8.25. The van der Waals surface area contributed by atoms with E-state index in [1.807, 2.05) is 19.1 Å². The second-order valence-corrected chi connectivity index (χ2v) is 2.98. The first-order chi connectivity index (χ1) is 6.74. The number of rotatable bonds is 4. The Bertz CT molecular complexity index is 323. The summed E-state index contributed by atoms with van der Waals surface area (Å²) < 4.78 is 4.87. The second-order valence-electron chi connectivity index (χ2n) is 2.98. The zero-order chi connectivity index (χ0) is 10.4. The number of ether oxygens (including phenoxy) is 1. The fourth-order valence-corrected chi connectivity index (χ4v) is 1.01. The minimum Gasteiger partial charge on any atom is -0.383 e. The molecule has 0 aliphatic heterocycles. The first kappa shape index (κ1) is 10.7. The predicted molar refractivity (Wildman–Crippen MR) is 56.4 cm³/mol. The standard InChI is InChI=1S/C10H15N3O/c1-8-3-4-12-9(7-8)10(11)13-5-6-14-2/h3-4,7H,5-6H2,1-2H3,(H2,11,13). The van der Waals surface area contributed by atoms with E-state index < -0.39 is 0 Å². The number of hydrogen-bond acceptors (Lipinski definition) is 3. The van der Waals surface area contributed by atoms with Gasteiger partial charge in [-0.1, -0.05) is 0 Å². The van der Waals surface area contributed by atoms with Gasteiger partial charge in [0.15, 0.2) is 0 Å². The molecule has 0 bridgehead atoms. The fourth-order valence-electron chi connectivity index (χ4n) is 1.01. The Balaban J connectivity index is 2.68. The van der Waals surface area contributed by atoms with Crippen molar-refractivity contribution in [3.8, 4) is 0 Å². The van der Waals surface area contributed by atoms with Crippen molar-refractivity contribution in [3.63, 3.8) is 0 Å². The molecule has 1 aromatic heterocycles. The summed E-state index contributed by atoms with van der Waals surface area (Å²) in [5.41, 5.74) is 7.58. The monoisotopic (exact) mass is 193 g/mol. The van der Waals surface area contributed by atoms with Gasteiger partial charge in [-0.2, -0.15) is 0 Å². The molecule has 1 aromatic rings. The van der Waals surface area contributed by atoms with Crippen molar-refractivity contribution in [2.75, 3.05) is 20.3 Å². The van der Waals surface area contributed by atoms with E-state index in [1.165, 1.54) is 0 Å². The van der Waals surface area contributed by atoms with E-state index in [0.717, 1.165) is 11.3 Å². The first-order valence-electron chi connectivity index (χ1n) is 4.46. The molecule has 14 heavy (non-hydrogen) atoms. The molecule has 0 aromatic carbocycles. The highest BCUT2D eigenvalue weighted by molar-refractivity contribution is 5.95. The van der Waals surface area contributed by atoms with Gasteiger partial charge < -0.3 is 10.5 Å². The third kappa shape index (κ3) is 3.14. The second kappa shape index (κ2) is 5.34. The molecule has 0 saturated carbocycles. The maximum atomic E-state index is 5.74. The summed E-state index contributed by atoms with van der Waals surface area (Å²) in [7, 11) is 1.64. The number of methoxy groups -OCH3 is 1. The van der Waals surface area contributed by atoms with Gasteiger partial charge in [0.05, 0.1) is 13.2 Å². The fraction of sp³-hybridized carbons (Fsp3) is 0.400. The van der Waals surface area contributed by atoms with E-state index in [9.17, 15) is 0 Å². The minimum atomic E-state index is 0.464. The number of aryl methyl sites for hydroxylation is 1. The van der Waals surface area contributed by atoms with Crippen molar-refractivity contribution < 1.29 is 4.74 Å². The van der Waals surface area contributed by atoms with Crippen LogP contribution in [0.3, 0.4) is 0 Å². The molecule has 0 spiro atoms. The Kier molecular flexibility index (Phi) is 4.07. The van der Waals surface area contributed by atoms with Crippen LogP contribution < -0.4 is 5.73 Å². The van der Waals surface area contributed by atoms with Crippen molar-refractivity contribution in [3.05, 3.63) is 29.6 Å².